The molecule has 1 aromatic heterocycles. The minimum absolute atomic E-state index is 0.0224. The number of rotatable bonds is 3. The molecule has 0 atom stereocenters. The number of hydrogen-bond donors (Lipinski definition) is 0. The van der Waals surface area contributed by atoms with E-state index >= 15 is 0 Å². The molecule has 0 bridgehead atoms. The van der Waals surface area contributed by atoms with Crippen molar-refractivity contribution in [2.75, 3.05) is 0 Å². The third-order valence-corrected chi connectivity index (χ3v) is 2.48. The predicted octanol–water partition coefficient (Wildman–Crippen LogP) is 1.90. The first-order valence-electron chi connectivity index (χ1n) is 4.88. The Labute approximate surface area is 96.6 Å². The number of aldehydes is 1. The summed E-state index contributed by atoms with van der Waals surface area (Å²) in [5.74, 6) is 0. The van der Waals surface area contributed by atoms with Gasteiger partial charge in [0.15, 0.2) is 6.29 Å². The highest BCUT2D eigenvalue weighted by molar-refractivity contribution is 5.76. The lowest BCUT2D eigenvalue weighted by molar-refractivity contribution is -0.384. The van der Waals surface area contributed by atoms with Crippen LogP contribution < -0.4 is 0 Å². The van der Waals surface area contributed by atoms with Crippen LogP contribution in [0.25, 0.3) is 5.69 Å². The molecule has 0 unspecified atom stereocenters. The molecule has 0 radical (unpaired) electrons. The summed E-state index contributed by atoms with van der Waals surface area (Å²) in [7, 11) is 0. The maximum atomic E-state index is 10.7. The number of non-ortho nitro benzene ring substituents is 1. The van der Waals surface area contributed by atoms with E-state index < -0.39 is 4.92 Å². The standard InChI is InChI=1S/C11H9N3O3/c1-8-9(7-15)6-12-13(8)10-2-4-11(5-3-10)14(16)17/h2-7H,1H3. The lowest BCUT2D eigenvalue weighted by atomic mass is 10.2. The maximum Gasteiger partial charge on any atom is 0.269 e. The number of aromatic nitrogens is 2. The Morgan fingerprint density at radius 2 is 2.00 bits per heavy atom. The Morgan fingerprint density at radius 3 is 2.47 bits per heavy atom. The second kappa shape index (κ2) is 4.17. The van der Waals surface area contributed by atoms with Crippen molar-refractivity contribution >= 4 is 12.0 Å². The van der Waals surface area contributed by atoms with Gasteiger partial charge in [0.2, 0.25) is 0 Å². The van der Waals surface area contributed by atoms with Gasteiger partial charge in [0.05, 0.1) is 28.1 Å². The van der Waals surface area contributed by atoms with Crippen LogP contribution in [0.4, 0.5) is 5.69 Å². The normalized spacial score (nSPS) is 10.2. The van der Waals surface area contributed by atoms with Crippen LogP contribution in [-0.2, 0) is 0 Å². The fourth-order valence-electron chi connectivity index (χ4n) is 1.51. The number of nitro benzene ring substituents is 1. The molecule has 0 aliphatic rings. The van der Waals surface area contributed by atoms with E-state index in [-0.39, 0.29) is 5.69 Å². The summed E-state index contributed by atoms with van der Waals surface area (Å²) in [4.78, 5) is 20.7. The third kappa shape index (κ3) is 1.92. The predicted molar refractivity (Wildman–Crippen MR) is 60.3 cm³/mol. The van der Waals surface area contributed by atoms with Crippen LogP contribution in [0.15, 0.2) is 30.5 Å². The summed E-state index contributed by atoms with van der Waals surface area (Å²) in [6.07, 6.45) is 2.19. The minimum atomic E-state index is -0.462. The van der Waals surface area contributed by atoms with Gasteiger partial charge in [-0.3, -0.25) is 14.9 Å². The van der Waals surface area contributed by atoms with Gasteiger partial charge in [-0.1, -0.05) is 0 Å². The first kappa shape index (κ1) is 11.0. The molecule has 0 saturated carbocycles. The van der Waals surface area contributed by atoms with Crippen molar-refractivity contribution in [1.29, 1.82) is 0 Å². The van der Waals surface area contributed by atoms with Gasteiger partial charge in [-0.15, -0.1) is 0 Å². The molecule has 2 rings (SSSR count). The summed E-state index contributed by atoms with van der Waals surface area (Å²) in [5, 5.41) is 14.5. The molecule has 0 fully saturated rings. The molecule has 0 saturated heterocycles. The van der Waals surface area contributed by atoms with Crippen LogP contribution in [0.3, 0.4) is 0 Å². The molecule has 0 aliphatic carbocycles. The largest absolute Gasteiger partial charge is 0.298 e. The molecule has 0 aliphatic heterocycles. The molecule has 86 valence electrons. The van der Waals surface area contributed by atoms with Crippen LogP contribution in [0, 0.1) is 17.0 Å². The topological polar surface area (TPSA) is 78.0 Å². The molecule has 1 aromatic carbocycles. The van der Waals surface area contributed by atoms with Crippen LogP contribution >= 0.6 is 0 Å². The van der Waals surface area contributed by atoms with Gasteiger partial charge in [-0.25, -0.2) is 4.68 Å². The number of nitro groups is 1. The lowest BCUT2D eigenvalue weighted by Gasteiger charge is -2.03. The molecule has 0 N–H and O–H groups in total. The highest BCUT2D eigenvalue weighted by atomic mass is 16.6. The van der Waals surface area contributed by atoms with Gasteiger partial charge in [0.25, 0.3) is 5.69 Å². The SMILES string of the molecule is Cc1c(C=O)cnn1-c1ccc([N+](=O)[O-])cc1. The Morgan fingerprint density at radius 1 is 1.35 bits per heavy atom. The molecule has 2 aromatic rings. The van der Waals surface area contributed by atoms with E-state index in [0.29, 0.717) is 16.9 Å². The van der Waals surface area contributed by atoms with Crippen LogP contribution in [0.2, 0.25) is 0 Å². The summed E-state index contributed by atoms with van der Waals surface area (Å²) in [6, 6.07) is 5.98. The highest BCUT2D eigenvalue weighted by Crippen LogP contribution is 2.17. The molecular formula is C11H9N3O3. The van der Waals surface area contributed by atoms with Gasteiger partial charge in [0.1, 0.15) is 0 Å². The maximum absolute atomic E-state index is 10.7. The van der Waals surface area contributed by atoms with E-state index in [1.807, 2.05) is 0 Å². The monoisotopic (exact) mass is 231 g/mol. The van der Waals surface area contributed by atoms with Crippen molar-refractivity contribution < 1.29 is 9.72 Å². The Hall–Kier alpha value is -2.50. The van der Waals surface area contributed by atoms with E-state index in [0.717, 1.165) is 6.29 Å². The average molecular weight is 231 g/mol. The summed E-state index contributed by atoms with van der Waals surface area (Å²) in [6.45, 7) is 1.76. The Bertz CT molecular complexity index is 572. The molecular weight excluding hydrogens is 222 g/mol. The molecule has 6 heteroatoms. The van der Waals surface area contributed by atoms with Crippen molar-refractivity contribution in [1.82, 2.24) is 9.78 Å². The second-order valence-corrected chi connectivity index (χ2v) is 3.49. The fraction of sp³-hybridized carbons (Fsp3) is 0.0909. The molecule has 17 heavy (non-hydrogen) atoms. The van der Waals surface area contributed by atoms with E-state index in [1.54, 1.807) is 23.7 Å². The zero-order chi connectivity index (χ0) is 12.4. The molecule has 6 nitrogen and oxygen atoms in total. The van der Waals surface area contributed by atoms with Gasteiger partial charge >= 0.3 is 0 Å². The van der Waals surface area contributed by atoms with E-state index in [4.69, 9.17) is 0 Å². The number of benzene rings is 1. The Balaban J connectivity index is 2.43. The van der Waals surface area contributed by atoms with Crippen molar-refractivity contribution in [3.05, 3.63) is 51.8 Å². The Kier molecular flexibility index (Phi) is 2.70. The van der Waals surface area contributed by atoms with Gasteiger partial charge in [-0.05, 0) is 19.1 Å². The first-order chi connectivity index (χ1) is 8.13. The van der Waals surface area contributed by atoms with E-state index in [9.17, 15) is 14.9 Å². The number of nitrogens with zero attached hydrogens (tertiary/aromatic N) is 3. The third-order valence-electron chi connectivity index (χ3n) is 2.48. The van der Waals surface area contributed by atoms with Crippen molar-refractivity contribution in [2.45, 2.75) is 6.92 Å². The summed E-state index contributed by atoms with van der Waals surface area (Å²) >= 11 is 0. The van der Waals surface area contributed by atoms with Crippen molar-refractivity contribution in [2.24, 2.45) is 0 Å². The van der Waals surface area contributed by atoms with Crippen molar-refractivity contribution in [3.8, 4) is 5.69 Å². The van der Waals surface area contributed by atoms with Gasteiger partial charge in [0, 0.05) is 12.1 Å². The van der Waals surface area contributed by atoms with E-state index in [1.165, 1.54) is 18.3 Å². The molecule has 0 amide bonds. The second-order valence-electron chi connectivity index (χ2n) is 3.49. The van der Waals surface area contributed by atoms with E-state index in [2.05, 4.69) is 5.10 Å². The molecule has 1 heterocycles. The fourth-order valence-corrected chi connectivity index (χ4v) is 1.51. The quantitative estimate of drug-likeness (QED) is 0.459. The lowest BCUT2D eigenvalue weighted by Crippen LogP contribution is -1.99. The number of carbonyl (C=O) groups is 1. The summed E-state index contributed by atoms with van der Waals surface area (Å²) < 4.78 is 1.56. The number of hydrogen-bond acceptors (Lipinski definition) is 4. The number of carbonyl (C=O) groups excluding carboxylic acids is 1. The zero-order valence-corrected chi connectivity index (χ0v) is 9.03. The van der Waals surface area contributed by atoms with Crippen LogP contribution in [0.5, 0.6) is 0 Å². The van der Waals surface area contributed by atoms with Gasteiger partial charge < -0.3 is 0 Å². The van der Waals surface area contributed by atoms with Gasteiger partial charge in [-0.2, -0.15) is 5.10 Å². The minimum Gasteiger partial charge on any atom is -0.298 e. The summed E-state index contributed by atoms with van der Waals surface area (Å²) in [5.41, 5.74) is 1.91. The average Bonchev–Trinajstić information content (AvgIpc) is 2.70. The van der Waals surface area contributed by atoms with Crippen molar-refractivity contribution in [3.63, 3.8) is 0 Å². The highest BCUT2D eigenvalue weighted by Gasteiger charge is 2.09. The van der Waals surface area contributed by atoms with Crippen LogP contribution in [-0.4, -0.2) is 21.0 Å². The molecule has 0 spiro atoms. The zero-order valence-electron chi connectivity index (χ0n) is 9.03. The smallest absolute Gasteiger partial charge is 0.269 e. The first-order valence-corrected chi connectivity index (χ1v) is 4.88. The van der Waals surface area contributed by atoms with Crippen LogP contribution in [0.1, 0.15) is 16.1 Å².